The molecule has 0 aliphatic carbocycles. The highest BCUT2D eigenvalue weighted by atomic mass is 16.5. The van der Waals surface area contributed by atoms with Crippen molar-refractivity contribution in [2.45, 2.75) is 45.1 Å². The topological polar surface area (TPSA) is 88.2 Å². The zero-order valence-electron chi connectivity index (χ0n) is 19.2. The summed E-state index contributed by atoms with van der Waals surface area (Å²) in [5.74, 6) is 1.80. The number of benzene rings is 1. The molecule has 0 saturated carbocycles. The molecule has 1 N–H and O–H groups in total. The van der Waals surface area contributed by atoms with Crippen molar-refractivity contribution in [3.05, 3.63) is 23.8 Å². The number of carbonyl (C=O) groups excluding carboxylic acids is 3. The third-order valence-electron chi connectivity index (χ3n) is 6.86. The van der Waals surface area contributed by atoms with E-state index in [0.717, 1.165) is 19.5 Å². The number of ether oxygens (including phenoxy) is 2. The molecule has 3 amide bonds. The minimum Gasteiger partial charge on any atom is -0.497 e. The molecule has 2 fully saturated rings. The Hall–Kier alpha value is -2.77. The summed E-state index contributed by atoms with van der Waals surface area (Å²) in [6.07, 6.45) is 2.42. The molecule has 3 aliphatic rings. The van der Waals surface area contributed by atoms with E-state index < -0.39 is 5.60 Å². The van der Waals surface area contributed by atoms with E-state index in [2.05, 4.69) is 19.2 Å². The largest absolute Gasteiger partial charge is 0.497 e. The van der Waals surface area contributed by atoms with Gasteiger partial charge in [-0.3, -0.25) is 14.4 Å². The zero-order valence-corrected chi connectivity index (χ0v) is 19.2. The summed E-state index contributed by atoms with van der Waals surface area (Å²) in [6.45, 7) is 6.68. The monoisotopic (exact) mass is 443 g/mol. The summed E-state index contributed by atoms with van der Waals surface area (Å²) in [5.41, 5.74) is -0.242. The molecular formula is C24H33N3O5. The Bertz CT molecular complexity index is 894. The van der Waals surface area contributed by atoms with Gasteiger partial charge in [-0.2, -0.15) is 0 Å². The summed E-state index contributed by atoms with van der Waals surface area (Å²) in [5, 5.41) is 2.95. The fourth-order valence-electron chi connectivity index (χ4n) is 5.16. The fraction of sp³-hybridized carbons (Fsp3) is 0.625. The van der Waals surface area contributed by atoms with Gasteiger partial charge in [-0.25, -0.2) is 0 Å². The van der Waals surface area contributed by atoms with Gasteiger partial charge in [-0.15, -0.1) is 0 Å². The van der Waals surface area contributed by atoms with Crippen LogP contribution < -0.4 is 14.8 Å². The predicted octanol–water partition coefficient (Wildman–Crippen LogP) is 2.07. The Morgan fingerprint density at radius 1 is 1.22 bits per heavy atom. The van der Waals surface area contributed by atoms with E-state index in [1.807, 2.05) is 4.90 Å². The van der Waals surface area contributed by atoms with Gasteiger partial charge in [0.15, 0.2) is 0 Å². The smallest absolute Gasteiger partial charge is 0.255 e. The highest BCUT2D eigenvalue weighted by molar-refractivity contribution is 5.97. The molecule has 3 heterocycles. The molecule has 0 aromatic heterocycles. The molecule has 2 saturated heterocycles. The van der Waals surface area contributed by atoms with E-state index >= 15 is 0 Å². The van der Waals surface area contributed by atoms with E-state index in [1.165, 1.54) is 0 Å². The van der Waals surface area contributed by atoms with Crippen LogP contribution in [0.3, 0.4) is 0 Å². The van der Waals surface area contributed by atoms with Crippen LogP contribution in [0.15, 0.2) is 18.2 Å². The number of nitrogens with zero attached hydrogens (tertiary/aromatic N) is 2. The van der Waals surface area contributed by atoms with Gasteiger partial charge in [0.05, 0.1) is 25.8 Å². The molecule has 0 bridgehead atoms. The van der Waals surface area contributed by atoms with Crippen molar-refractivity contribution in [1.29, 1.82) is 0 Å². The molecule has 1 spiro atoms. The number of hydrogen-bond acceptors (Lipinski definition) is 5. The molecule has 174 valence electrons. The van der Waals surface area contributed by atoms with E-state index in [9.17, 15) is 14.4 Å². The van der Waals surface area contributed by atoms with E-state index in [-0.39, 0.29) is 30.7 Å². The third kappa shape index (κ3) is 4.69. The van der Waals surface area contributed by atoms with Crippen LogP contribution in [-0.4, -0.2) is 73.0 Å². The minimum atomic E-state index is -0.700. The van der Waals surface area contributed by atoms with Gasteiger partial charge in [-0.05, 0) is 36.8 Å². The normalized spacial score (nSPS) is 28.3. The standard InChI is InChI=1S/C24H33N3O5/c1-16-10-17(2)13-27(12-16)22(29)14-26-9-8-24(7-6-21(26)28)15-25-23(30)19-5-4-18(31-3)11-20(19)32-24/h4-5,11,16-17H,6-10,12-15H2,1-3H3,(H,25,30). The first kappa shape index (κ1) is 22.4. The third-order valence-corrected chi connectivity index (χ3v) is 6.86. The number of nitrogens with one attached hydrogen (secondary N) is 1. The van der Waals surface area contributed by atoms with E-state index in [4.69, 9.17) is 9.47 Å². The highest BCUT2D eigenvalue weighted by Gasteiger charge is 2.41. The van der Waals surface area contributed by atoms with Crippen LogP contribution in [0.4, 0.5) is 0 Å². The van der Waals surface area contributed by atoms with Crippen LogP contribution >= 0.6 is 0 Å². The van der Waals surface area contributed by atoms with E-state index in [0.29, 0.717) is 54.8 Å². The van der Waals surface area contributed by atoms with Crippen molar-refractivity contribution in [1.82, 2.24) is 15.1 Å². The number of likely N-dealkylation sites (tertiary alicyclic amines) is 2. The van der Waals surface area contributed by atoms with Gasteiger partial charge in [-0.1, -0.05) is 13.8 Å². The number of methoxy groups -OCH3 is 1. The summed E-state index contributed by atoms with van der Waals surface area (Å²) in [6, 6.07) is 5.14. The summed E-state index contributed by atoms with van der Waals surface area (Å²) >= 11 is 0. The van der Waals surface area contributed by atoms with Crippen LogP contribution in [0, 0.1) is 11.8 Å². The molecule has 0 radical (unpaired) electrons. The Morgan fingerprint density at radius 2 is 1.97 bits per heavy atom. The van der Waals surface area contributed by atoms with E-state index in [1.54, 1.807) is 30.2 Å². The maximum absolute atomic E-state index is 12.9. The van der Waals surface area contributed by atoms with Crippen LogP contribution in [-0.2, 0) is 9.59 Å². The first-order valence-corrected chi connectivity index (χ1v) is 11.5. The number of fused-ring (bicyclic) bond motifs is 1. The second kappa shape index (κ2) is 9.00. The molecule has 3 unspecified atom stereocenters. The van der Waals surface area contributed by atoms with Crippen molar-refractivity contribution in [2.75, 3.05) is 39.8 Å². The number of piperidine rings is 1. The van der Waals surface area contributed by atoms with Crippen LogP contribution in [0.1, 0.15) is 49.9 Å². The lowest BCUT2D eigenvalue weighted by Gasteiger charge is -2.36. The number of carbonyl (C=O) groups is 3. The van der Waals surface area contributed by atoms with Crippen molar-refractivity contribution < 1.29 is 23.9 Å². The quantitative estimate of drug-likeness (QED) is 0.773. The lowest BCUT2D eigenvalue weighted by atomic mass is 9.92. The Labute approximate surface area is 189 Å². The molecule has 1 aromatic rings. The van der Waals surface area contributed by atoms with Crippen molar-refractivity contribution in [3.8, 4) is 11.5 Å². The van der Waals surface area contributed by atoms with Crippen LogP contribution in [0.5, 0.6) is 11.5 Å². The van der Waals surface area contributed by atoms with Crippen molar-refractivity contribution >= 4 is 17.7 Å². The summed E-state index contributed by atoms with van der Waals surface area (Å²) < 4.78 is 11.7. The fourth-order valence-corrected chi connectivity index (χ4v) is 5.16. The van der Waals surface area contributed by atoms with Gasteiger partial charge < -0.3 is 24.6 Å². The van der Waals surface area contributed by atoms with Gasteiger partial charge >= 0.3 is 0 Å². The predicted molar refractivity (Wildman–Crippen MR) is 119 cm³/mol. The Morgan fingerprint density at radius 3 is 2.69 bits per heavy atom. The Balaban J connectivity index is 1.47. The maximum atomic E-state index is 12.9. The number of hydrogen-bond donors (Lipinski definition) is 1. The van der Waals surface area contributed by atoms with Crippen LogP contribution in [0.2, 0.25) is 0 Å². The first-order chi connectivity index (χ1) is 15.3. The average molecular weight is 444 g/mol. The zero-order chi connectivity index (χ0) is 22.9. The minimum absolute atomic E-state index is 0.0119. The molecule has 32 heavy (non-hydrogen) atoms. The second-order valence-electron chi connectivity index (χ2n) is 9.64. The van der Waals surface area contributed by atoms with Crippen molar-refractivity contribution in [2.24, 2.45) is 11.8 Å². The van der Waals surface area contributed by atoms with Gasteiger partial charge in [0, 0.05) is 38.5 Å². The average Bonchev–Trinajstić information content (AvgIpc) is 3.00. The van der Waals surface area contributed by atoms with Crippen LogP contribution in [0.25, 0.3) is 0 Å². The highest BCUT2D eigenvalue weighted by Crippen LogP contribution is 2.35. The molecule has 3 atom stereocenters. The molecule has 8 nitrogen and oxygen atoms in total. The van der Waals surface area contributed by atoms with Crippen molar-refractivity contribution in [3.63, 3.8) is 0 Å². The lowest BCUT2D eigenvalue weighted by molar-refractivity contribution is -0.141. The molecular weight excluding hydrogens is 410 g/mol. The second-order valence-corrected chi connectivity index (χ2v) is 9.64. The number of amides is 3. The molecule has 1 aromatic carbocycles. The first-order valence-electron chi connectivity index (χ1n) is 11.5. The van der Waals surface area contributed by atoms with Gasteiger partial charge in [0.1, 0.15) is 17.1 Å². The Kier molecular flexibility index (Phi) is 6.31. The molecule has 3 aliphatic heterocycles. The summed E-state index contributed by atoms with van der Waals surface area (Å²) in [4.78, 5) is 41.9. The number of rotatable bonds is 3. The van der Waals surface area contributed by atoms with Gasteiger partial charge in [0.2, 0.25) is 11.8 Å². The summed E-state index contributed by atoms with van der Waals surface area (Å²) in [7, 11) is 1.57. The molecule has 4 rings (SSSR count). The SMILES string of the molecule is COc1ccc2c(c1)OC1(CCC(=O)N(CC(=O)N3CC(C)CC(C)C3)CC1)CNC2=O. The lowest BCUT2D eigenvalue weighted by Crippen LogP contribution is -2.48. The van der Waals surface area contributed by atoms with Gasteiger partial charge in [0.25, 0.3) is 5.91 Å². The maximum Gasteiger partial charge on any atom is 0.255 e. The molecule has 8 heteroatoms.